The highest BCUT2D eigenvalue weighted by molar-refractivity contribution is 8.16. The number of carbonyl (C=O) groups excluding carboxylic acids is 2. The summed E-state index contributed by atoms with van der Waals surface area (Å²) in [6.45, 7) is 10.0. The Bertz CT molecular complexity index is 1230. The van der Waals surface area contributed by atoms with Crippen LogP contribution in [-0.4, -0.2) is 34.6 Å². The number of nitrogens with one attached hydrogen (secondary N) is 1. The number of aryl methyl sites for hydroxylation is 2. The SMILES string of the molecule is CCOC(=O)C1=C(c2ccccc2)N=C2SC=C(CC(=O)NC(C)C)N2C1c1ccc(C)cc1C. The summed E-state index contributed by atoms with van der Waals surface area (Å²) in [6.07, 6.45) is 0.197. The summed E-state index contributed by atoms with van der Waals surface area (Å²) in [6, 6.07) is 15.5. The van der Waals surface area contributed by atoms with Crippen molar-refractivity contribution in [3.05, 3.63) is 87.5 Å². The Balaban J connectivity index is 1.90. The first-order valence-corrected chi connectivity index (χ1v) is 12.7. The van der Waals surface area contributed by atoms with Crippen LogP contribution in [-0.2, 0) is 14.3 Å². The first-order valence-electron chi connectivity index (χ1n) is 11.9. The molecule has 2 aromatic rings. The molecule has 2 aliphatic rings. The van der Waals surface area contributed by atoms with Crippen molar-refractivity contribution in [1.82, 2.24) is 10.2 Å². The van der Waals surface area contributed by atoms with E-state index in [1.165, 1.54) is 11.8 Å². The third-order valence-corrected chi connectivity index (χ3v) is 6.75. The lowest BCUT2D eigenvalue weighted by Gasteiger charge is -2.37. The number of esters is 1. The zero-order valence-corrected chi connectivity index (χ0v) is 21.6. The van der Waals surface area contributed by atoms with Gasteiger partial charge < -0.3 is 15.0 Å². The summed E-state index contributed by atoms with van der Waals surface area (Å²) in [7, 11) is 0. The Morgan fingerprint density at radius 3 is 2.54 bits per heavy atom. The highest BCUT2D eigenvalue weighted by Crippen LogP contribution is 2.47. The second-order valence-electron chi connectivity index (χ2n) is 9.00. The number of hydrogen-bond donors (Lipinski definition) is 1. The number of ether oxygens (including phenoxy) is 1. The summed E-state index contributed by atoms with van der Waals surface area (Å²) in [5, 5.41) is 5.68. The van der Waals surface area contributed by atoms with E-state index >= 15 is 0 Å². The van der Waals surface area contributed by atoms with Crippen LogP contribution in [0.15, 0.2) is 70.2 Å². The van der Waals surface area contributed by atoms with Gasteiger partial charge in [-0.25, -0.2) is 9.79 Å². The van der Waals surface area contributed by atoms with Crippen LogP contribution in [0.5, 0.6) is 0 Å². The summed E-state index contributed by atoms with van der Waals surface area (Å²) >= 11 is 1.48. The fraction of sp³-hybridized carbons (Fsp3) is 0.321. The van der Waals surface area contributed by atoms with Crippen molar-refractivity contribution in [2.75, 3.05) is 6.61 Å². The van der Waals surface area contributed by atoms with Crippen LogP contribution in [0, 0.1) is 13.8 Å². The van der Waals surface area contributed by atoms with E-state index in [1.807, 2.05) is 54.5 Å². The quantitative estimate of drug-likeness (QED) is 0.521. The zero-order valence-electron chi connectivity index (χ0n) is 20.8. The fourth-order valence-corrected chi connectivity index (χ4v) is 5.37. The van der Waals surface area contributed by atoms with E-state index in [0.717, 1.165) is 33.1 Å². The minimum Gasteiger partial charge on any atom is -0.463 e. The van der Waals surface area contributed by atoms with Crippen LogP contribution >= 0.6 is 11.8 Å². The highest BCUT2D eigenvalue weighted by atomic mass is 32.2. The lowest BCUT2D eigenvalue weighted by Crippen LogP contribution is -2.39. The molecule has 0 aromatic heterocycles. The molecule has 1 N–H and O–H groups in total. The number of rotatable bonds is 7. The van der Waals surface area contributed by atoms with Gasteiger partial charge in [-0.15, -0.1) is 0 Å². The summed E-state index contributed by atoms with van der Waals surface area (Å²) < 4.78 is 5.57. The average Bonchev–Trinajstić information content (AvgIpc) is 3.20. The van der Waals surface area contributed by atoms with Crippen molar-refractivity contribution >= 4 is 34.5 Å². The van der Waals surface area contributed by atoms with Crippen molar-refractivity contribution in [3.63, 3.8) is 0 Å². The fourth-order valence-electron chi connectivity index (χ4n) is 4.45. The number of amidine groups is 1. The van der Waals surface area contributed by atoms with Crippen molar-refractivity contribution in [2.24, 2.45) is 4.99 Å². The molecule has 1 unspecified atom stereocenters. The van der Waals surface area contributed by atoms with Crippen LogP contribution in [0.25, 0.3) is 5.70 Å². The number of benzene rings is 2. The predicted octanol–water partition coefficient (Wildman–Crippen LogP) is 5.49. The van der Waals surface area contributed by atoms with Crippen LogP contribution in [0.2, 0.25) is 0 Å². The molecule has 6 nitrogen and oxygen atoms in total. The maximum atomic E-state index is 13.5. The van der Waals surface area contributed by atoms with Crippen LogP contribution in [0.4, 0.5) is 0 Å². The Morgan fingerprint density at radius 1 is 1.14 bits per heavy atom. The Labute approximate surface area is 211 Å². The van der Waals surface area contributed by atoms with Crippen molar-refractivity contribution in [2.45, 2.75) is 53.1 Å². The molecule has 2 aromatic carbocycles. The molecule has 0 saturated carbocycles. The number of carbonyl (C=O) groups is 2. The largest absolute Gasteiger partial charge is 0.463 e. The number of nitrogens with zero attached hydrogens (tertiary/aromatic N) is 2. The van der Waals surface area contributed by atoms with Crippen LogP contribution in [0.3, 0.4) is 0 Å². The number of fused-ring (bicyclic) bond motifs is 1. The molecular weight excluding hydrogens is 458 g/mol. The second kappa shape index (κ2) is 10.5. The van der Waals surface area contributed by atoms with Gasteiger partial charge in [-0.2, -0.15) is 0 Å². The molecule has 1 amide bonds. The average molecular weight is 490 g/mol. The van der Waals surface area contributed by atoms with Gasteiger partial charge in [-0.05, 0) is 51.2 Å². The van der Waals surface area contributed by atoms with E-state index in [2.05, 4.69) is 37.4 Å². The summed E-state index contributed by atoms with van der Waals surface area (Å²) in [5.41, 5.74) is 5.93. The minimum absolute atomic E-state index is 0.0430. The number of thioether (sulfide) groups is 1. The molecule has 4 rings (SSSR count). The van der Waals surface area contributed by atoms with E-state index in [1.54, 1.807) is 6.92 Å². The van der Waals surface area contributed by atoms with Crippen molar-refractivity contribution in [1.29, 1.82) is 0 Å². The molecule has 0 fully saturated rings. The molecule has 35 heavy (non-hydrogen) atoms. The van der Waals surface area contributed by atoms with Crippen LogP contribution < -0.4 is 5.32 Å². The molecule has 2 heterocycles. The Kier molecular flexibility index (Phi) is 7.45. The first kappa shape index (κ1) is 24.8. The molecule has 1 atom stereocenters. The van der Waals surface area contributed by atoms with Gasteiger partial charge in [-0.3, -0.25) is 4.79 Å². The molecule has 0 bridgehead atoms. The minimum atomic E-state index is -0.467. The van der Waals surface area contributed by atoms with E-state index in [0.29, 0.717) is 11.3 Å². The van der Waals surface area contributed by atoms with E-state index < -0.39 is 12.0 Å². The number of hydrogen-bond acceptors (Lipinski definition) is 6. The predicted molar refractivity (Wildman–Crippen MR) is 141 cm³/mol. The molecule has 7 heteroatoms. The number of amides is 1. The third-order valence-electron chi connectivity index (χ3n) is 5.86. The molecule has 0 spiro atoms. The van der Waals surface area contributed by atoms with Gasteiger partial charge >= 0.3 is 5.97 Å². The number of aliphatic imine (C=N–C) groups is 1. The van der Waals surface area contributed by atoms with Gasteiger partial charge in [0.25, 0.3) is 0 Å². The Hall–Kier alpha value is -3.32. The lowest BCUT2D eigenvalue weighted by atomic mass is 9.88. The second-order valence-corrected chi connectivity index (χ2v) is 9.84. The molecule has 0 radical (unpaired) electrons. The third kappa shape index (κ3) is 5.20. The highest BCUT2D eigenvalue weighted by Gasteiger charge is 2.42. The first-order chi connectivity index (χ1) is 16.8. The van der Waals surface area contributed by atoms with Crippen molar-refractivity contribution in [3.8, 4) is 0 Å². The molecule has 0 saturated heterocycles. The van der Waals surface area contributed by atoms with E-state index in [-0.39, 0.29) is 25.0 Å². The molecular formula is C28H31N3O3S. The zero-order chi connectivity index (χ0) is 25.1. The topological polar surface area (TPSA) is 71.0 Å². The van der Waals surface area contributed by atoms with Gasteiger partial charge in [-0.1, -0.05) is 65.9 Å². The standard InChI is InChI=1S/C28H31N3O3S/c1-6-34-27(33)24-25(20-10-8-7-9-11-20)30-28-31(21(16-35-28)15-23(32)29-17(2)3)26(24)22-13-12-18(4)14-19(22)5/h7-14,16-17,26H,6,15H2,1-5H3,(H,29,32). The van der Waals surface area contributed by atoms with Gasteiger partial charge in [0.15, 0.2) is 5.17 Å². The van der Waals surface area contributed by atoms with Crippen LogP contribution in [0.1, 0.15) is 55.5 Å². The summed E-state index contributed by atoms with van der Waals surface area (Å²) in [4.78, 5) is 33.2. The van der Waals surface area contributed by atoms with E-state index in [4.69, 9.17) is 9.73 Å². The molecule has 182 valence electrons. The van der Waals surface area contributed by atoms with E-state index in [9.17, 15) is 9.59 Å². The lowest BCUT2D eigenvalue weighted by molar-refractivity contribution is -0.139. The Morgan fingerprint density at radius 2 is 1.89 bits per heavy atom. The van der Waals surface area contributed by atoms with Gasteiger partial charge in [0.05, 0.1) is 30.3 Å². The molecule has 2 aliphatic heterocycles. The van der Waals surface area contributed by atoms with Gasteiger partial charge in [0.1, 0.15) is 0 Å². The molecule has 0 aliphatic carbocycles. The smallest absolute Gasteiger partial charge is 0.338 e. The normalized spacial score (nSPS) is 17.2. The maximum Gasteiger partial charge on any atom is 0.338 e. The van der Waals surface area contributed by atoms with Crippen molar-refractivity contribution < 1.29 is 14.3 Å². The maximum absolute atomic E-state index is 13.5. The monoisotopic (exact) mass is 489 g/mol. The summed E-state index contributed by atoms with van der Waals surface area (Å²) in [5.74, 6) is -0.468. The van der Waals surface area contributed by atoms with Gasteiger partial charge in [0, 0.05) is 17.3 Å². The van der Waals surface area contributed by atoms with Gasteiger partial charge in [0.2, 0.25) is 5.91 Å².